The zero-order chi connectivity index (χ0) is 18.0. The highest BCUT2D eigenvalue weighted by atomic mass is 16.3. The van der Waals surface area contributed by atoms with Crippen LogP contribution >= 0.6 is 0 Å². The van der Waals surface area contributed by atoms with Crippen molar-refractivity contribution < 1.29 is 14.7 Å². The Morgan fingerprint density at radius 3 is 2.25 bits per heavy atom. The number of carbonyl (C=O) groups is 2. The minimum Gasteiger partial charge on any atom is -0.396 e. The number of aliphatic hydroxyl groups excluding tert-OH is 1. The summed E-state index contributed by atoms with van der Waals surface area (Å²) in [5, 5.41) is 19.6. The third-order valence-electron chi connectivity index (χ3n) is 3.06. The van der Waals surface area contributed by atoms with Gasteiger partial charge >= 0.3 is 12.1 Å². The lowest BCUT2D eigenvalue weighted by Crippen LogP contribution is -2.36. The molecule has 7 nitrogen and oxygen atoms in total. The van der Waals surface area contributed by atoms with E-state index in [-0.39, 0.29) is 24.1 Å². The number of carbonyl (C=O) groups excluding carboxylic acids is 2. The molecule has 4 amide bonds. The summed E-state index contributed by atoms with van der Waals surface area (Å²) in [6, 6.07) is 6.75. The molecule has 0 saturated carbocycles. The topological polar surface area (TPSA) is 102 Å². The van der Waals surface area contributed by atoms with Gasteiger partial charge in [0.05, 0.1) is 0 Å². The van der Waals surface area contributed by atoms with Gasteiger partial charge in [0.15, 0.2) is 0 Å². The van der Waals surface area contributed by atoms with E-state index in [4.69, 9.17) is 5.11 Å². The monoisotopic (exact) mass is 336 g/mol. The summed E-state index contributed by atoms with van der Waals surface area (Å²) in [7, 11) is 0. The van der Waals surface area contributed by atoms with Crippen molar-refractivity contribution in [3.8, 4) is 0 Å². The summed E-state index contributed by atoms with van der Waals surface area (Å²) in [6.45, 7) is 7.62. The summed E-state index contributed by atoms with van der Waals surface area (Å²) in [4.78, 5) is 23.3. The summed E-state index contributed by atoms with van der Waals surface area (Å²) < 4.78 is 0. The Labute approximate surface area is 143 Å². The molecule has 7 heteroatoms. The molecular weight excluding hydrogens is 308 g/mol. The first-order chi connectivity index (χ1) is 11.3. The molecule has 0 atom stereocenters. The zero-order valence-electron chi connectivity index (χ0n) is 14.6. The van der Waals surface area contributed by atoms with Gasteiger partial charge in [-0.15, -0.1) is 0 Å². The average Bonchev–Trinajstić information content (AvgIpc) is 2.52. The van der Waals surface area contributed by atoms with Crippen molar-refractivity contribution in [2.75, 3.05) is 25.0 Å². The number of nitrogens with one attached hydrogen (secondary N) is 4. The summed E-state index contributed by atoms with van der Waals surface area (Å²) in [6.07, 6.45) is 0.533. The normalized spacial score (nSPS) is 10.8. The molecule has 0 bridgehead atoms. The molecule has 0 spiro atoms. The van der Waals surface area contributed by atoms with Crippen LogP contribution in [-0.4, -0.2) is 36.9 Å². The highest BCUT2D eigenvalue weighted by Crippen LogP contribution is 2.11. The van der Waals surface area contributed by atoms with E-state index in [0.717, 1.165) is 5.56 Å². The minimum atomic E-state index is -0.271. The number of aliphatic hydroxyl groups is 1. The van der Waals surface area contributed by atoms with Crippen LogP contribution in [0.25, 0.3) is 0 Å². The van der Waals surface area contributed by atoms with E-state index in [2.05, 4.69) is 42.0 Å². The Balaban J connectivity index is 2.35. The van der Waals surface area contributed by atoms with Gasteiger partial charge in [-0.05, 0) is 29.5 Å². The Kier molecular flexibility index (Phi) is 8.05. The Morgan fingerprint density at radius 2 is 1.67 bits per heavy atom. The maximum Gasteiger partial charge on any atom is 0.319 e. The van der Waals surface area contributed by atoms with Gasteiger partial charge in [0.1, 0.15) is 0 Å². The Bertz CT molecular complexity index is 524. The first-order valence-corrected chi connectivity index (χ1v) is 8.06. The molecule has 1 rings (SSSR count). The summed E-state index contributed by atoms with van der Waals surface area (Å²) >= 11 is 0. The van der Waals surface area contributed by atoms with Crippen molar-refractivity contribution in [1.29, 1.82) is 0 Å². The van der Waals surface area contributed by atoms with Gasteiger partial charge in [-0.25, -0.2) is 9.59 Å². The largest absolute Gasteiger partial charge is 0.396 e. The number of anilines is 1. The van der Waals surface area contributed by atoms with Crippen molar-refractivity contribution >= 4 is 17.7 Å². The van der Waals surface area contributed by atoms with E-state index >= 15 is 0 Å². The van der Waals surface area contributed by atoms with Gasteiger partial charge < -0.3 is 26.4 Å². The van der Waals surface area contributed by atoms with Crippen molar-refractivity contribution in [2.45, 2.75) is 33.7 Å². The predicted molar refractivity (Wildman–Crippen MR) is 94.9 cm³/mol. The molecule has 0 aliphatic heterocycles. The maximum atomic E-state index is 11.8. The second-order valence-corrected chi connectivity index (χ2v) is 6.75. The minimum absolute atomic E-state index is 0.0324. The first kappa shape index (κ1) is 19.8. The third-order valence-corrected chi connectivity index (χ3v) is 3.06. The van der Waals surface area contributed by atoms with Gasteiger partial charge in [-0.3, -0.25) is 0 Å². The quantitative estimate of drug-likeness (QED) is 0.492. The number of benzene rings is 1. The van der Waals surface area contributed by atoms with Gasteiger partial charge in [-0.2, -0.15) is 0 Å². The molecule has 1 aromatic carbocycles. The lowest BCUT2D eigenvalue weighted by atomic mass is 9.97. The van der Waals surface area contributed by atoms with Crippen LogP contribution in [0, 0.1) is 5.41 Å². The lowest BCUT2D eigenvalue weighted by molar-refractivity contribution is 0.237. The molecule has 24 heavy (non-hydrogen) atoms. The fourth-order valence-electron chi connectivity index (χ4n) is 1.75. The molecule has 0 saturated heterocycles. The highest BCUT2D eigenvalue weighted by Gasteiger charge is 2.11. The van der Waals surface area contributed by atoms with Gasteiger partial charge in [0.25, 0.3) is 0 Å². The Hall–Kier alpha value is -2.28. The van der Waals surface area contributed by atoms with E-state index in [1.54, 1.807) is 12.1 Å². The molecule has 0 unspecified atom stereocenters. The van der Waals surface area contributed by atoms with Crippen molar-refractivity contribution in [1.82, 2.24) is 16.0 Å². The Morgan fingerprint density at radius 1 is 1.00 bits per heavy atom. The van der Waals surface area contributed by atoms with Crippen molar-refractivity contribution in [2.24, 2.45) is 5.41 Å². The van der Waals surface area contributed by atoms with E-state index in [0.29, 0.717) is 31.7 Å². The van der Waals surface area contributed by atoms with E-state index in [9.17, 15) is 9.59 Å². The van der Waals surface area contributed by atoms with Crippen LogP contribution in [-0.2, 0) is 6.54 Å². The summed E-state index contributed by atoms with van der Waals surface area (Å²) in [5.74, 6) is 0. The van der Waals surface area contributed by atoms with Crippen LogP contribution < -0.4 is 21.3 Å². The first-order valence-electron chi connectivity index (χ1n) is 8.06. The molecule has 0 aromatic heterocycles. The van der Waals surface area contributed by atoms with Crippen LogP contribution in [0.4, 0.5) is 15.3 Å². The van der Waals surface area contributed by atoms with Crippen molar-refractivity contribution in [3.63, 3.8) is 0 Å². The second kappa shape index (κ2) is 9.77. The number of hydrogen-bond acceptors (Lipinski definition) is 3. The molecule has 0 heterocycles. The number of rotatable bonds is 7. The fraction of sp³-hybridized carbons (Fsp3) is 0.529. The number of hydrogen-bond donors (Lipinski definition) is 5. The van der Waals surface area contributed by atoms with Crippen molar-refractivity contribution in [3.05, 3.63) is 29.8 Å². The van der Waals surface area contributed by atoms with Crippen LogP contribution in [0.5, 0.6) is 0 Å². The van der Waals surface area contributed by atoms with Crippen LogP contribution in [0.1, 0.15) is 32.8 Å². The summed E-state index contributed by atoms with van der Waals surface area (Å²) in [5.41, 5.74) is 1.65. The molecule has 0 aliphatic rings. The smallest absolute Gasteiger partial charge is 0.319 e. The number of urea groups is 2. The van der Waals surface area contributed by atoms with Crippen LogP contribution in [0.3, 0.4) is 0 Å². The van der Waals surface area contributed by atoms with Crippen LogP contribution in [0.15, 0.2) is 24.3 Å². The molecule has 0 fully saturated rings. The fourth-order valence-corrected chi connectivity index (χ4v) is 1.75. The predicted octanol–water partition coefficient (Wildman–Crippen LogP) is 2.04. The standard InChI is InChI=1S/C17H28N4O3/c1-17(2,3)12-20-16(24)21-14-7-5-13(6-8-14)11-19-15(23)18-9-4-10-22/h5-8,22H,4,9-12H2,1-3H3,(H2,18,19,23)(H2,20,21,24). The van der Waals surface area contributed by atoms with Gasteiger partial charge in [0, 0.05) is 31.9 Å². The molecule has 0 radical (unpaired) electrons. The highest BCUT2D eigenvalue weighted by molar-refractivity contribution is 5.89. The molecular formula is C17H28N4O3. The lowest BCUT2D eigenvalue weighted by Gasteiger charge is -2.19. The number of amides is 4. The average molecular weight is 336 g/mol. The van der Waals surface area contributed by atoms with E-state index < -0.39 is 0 Å². The van der Waals surface area contributed by atoms with E-state index in [1.807, 2.05) is 12.1 Å². The SMILES string of the molecule is CC(C)(C)CNC(=O)Nc1ccc(CNC(=O)NCCCO)cc1. The zero-order valence-corrected chi connectivity index (χ0v) is 14.6. The van der Waals surface area contributed by atoms with Gasteiger partial charge in [-0.1, -0.05) is 32.9 Å². The van der Waals surface area contributed by atoms with Gasteiger partial charge in [0.2, 0.25) is 0 Å². The van der Waals surface area contributed by atoms with Crippen LogP contribution in [0.2, 0.25) is 0 Å². The second-order valence-electron chi connectivity index (χ2n) is 6.75. The molecule has 0 aliphatic carbocycles. The molecule has 134 valence electrons. The molecule has 5 N–H and O–H groups in total. The van der Waals surface area contributed by atoms with E-state index in [1.165, 1.54) is 0 Å². The molecule has 1 aromatic rings. The maximum absolute atomic E-state index is 11.8. The third kappa shape index (κ3) is 8.99.